The van der Waals surface area contributed by atoms with Gasteiger partial charge in [0.05, 0.1) is 0 Å². The summed E-state index contributed by atoms with van der Waals surface area (Å²) in [5, 5.41) is 5.21. The third kappa shape index (κ3) is 3.07. The Kier molecular flexibility index (Phi) is 4.41. The summed E-state index contributed by atoms with van der Waals surface area (Å²) < 4.78 is 0. The summed E-state index contributed by atoms with van der Waals surface area (Å²) in [5.74, 6) is 1.62. The maximum atomic E-state index is 12.3. The predicted molar refractivity (Wildman–Crippen MR) is 82.6 cm³/mol. The van der Waals surface area contributed by atoms with E-state index in [9.17, 15) is 4.79 Å². The average Bonchev–Trinajstić information content (AvgIpc) is 2.91. The van der Waals surface area contributed by atoms with Gasteiger partial charge in [-0.05, 0) is 55.4 Å². The van der Waals surface area contributed by atoms with Crippen molar-refractivity contribution < 1.29 is 4.79 Å². The molecule has 110 valence electrons. The van der Waals surface area contributed by atoms with Crippen LogP contribution < -0.4 is 11.1 Å². The van der Waals surface area contributed by atoms with Crippen molar-refractivity contribution >= 4 is 17.2 Å². The molecule has 0 radical (unpaired) electrons. The fraction of sp³-hybridized carbons (Fsp3) is 0.688. The number of nitrogens with two attached hydrogens (primary N) is 1. The Morgan fingerprint density at radius 2 is 2.10 bits per heavy atom. The van der Waals surface area contributed by atoms with E-state index in [1.54, 1.807) is 11.3 Å². The lowest BCUT2D eigenvalue weighted by molar-refractivity contribution is -0.127. The number of rotatable bonds is 4. The summed E-state index contributed by atoms with van der Waals surface area (Å²) in [6.07, 6.45) is 6.69. The van der Waals surface area contributed by atoms with Crippen LogP contribution in [-0.4, -0.2) is 18.5 Å². The minimum Gasteiger partial charge on any atom is -0.356 e. The van der Waals surface area contributed by atoms with Gasteiger partial charge in [-0.2, -0.15) is 0 Å². The van der Waals surface area contributed by atoms with Crippen molar-refractivity contribution in [2.24, 2.45) is 23.5 Å². The third-order valence-corrected chi connectivity index (χ3v) is 5.97. The van der Waals surface area contributed by atoms with Crippen molar-refractivity contribution in [3.8, 4) is 0 Å². The van der Waals surface area contributed by atoms with E-state index in [0.29, 0.717) is 17.9 Å². The molecule has 1 aromatic rings. The van der Waals surface area contributed by atoms with Gasteiger partial charge in [-0.3, -0.25) is 4.79 Å². The lowest BCUT2D eigenvalue weighted by atomic mass is 9.65. The van der Waals surface area contributed by atoms with E-state index in [0.717, 1.165) is 25.8 Å². The molecule has 0 saturated heterocycles. The Bertz CT molecular complexity index is 431. The average molecular weight is 292 g/mol. The second-order valence-corrected chi connectivity index (χ2v) is 7.35. The van der Waals surface area contributed by atoms with Crippen LogP contribution in [0, 0.1) is 17.8 Å². The number of hydrogen-bond donors (Lipinski definition) is 2. The topological polar surface area (TPSA) is 55.1 Å². The highest BCUT2D eigenvalue weighted by Crippen LogP contribution is 2.41. The molecule has 2 saturated carbocycles. The SMILES string of the molecule is NC1C2CCCC1CC(C(=O)NCCc1cccs1)C2. The van der Waals surface area contributed by atoms with Crippen LogP contribution in [0.2, 0.25) is 0 Å². The van der Waals surface area contributed by atoms with E-state index in [1.165, 1.54) is 24.1 Å². The Balaban J connectivity index is 1.48. The smallest absolute Gasteiger partial charge is 0.223 e. The molecule has 3 rings (SSSR count). The quantitative estimate of drug-likeness (QED) is 0.896. The van der Waals surface area contributed by atoms with Gasteiger partial charge in [-0.25, -0.2) is 0 Å². The van der Waals surface area contributed by atoms with E-state index in [-0.39, 0.29) is 11.8 Å². The zero-order chi connectivity index (χ0) is 13.9. The van der Waals surface area contributed by atoms with Gasteiger partial charge in [0.25, 0.3) is 0 Å². The van der Waals surface area contributed by atoms with Crippen LogP contribution in [0.3, 0.4) is 0 Å². The van der Waals surface area contributed by atoms with Crippen molar-refractivity contribution in [2.45, 2.75) is 44.6 Å². The first kappa shape index (κ1) is 14.1. The number of amides is 1. The van der Waals surface area contributed by atoms with Crippen LogP contribution in [0.5, 0.6) is 0 Å². The summed E-state index contributed by atoms with van der Waals surface area (Å²) in [6.45, 7) is 0.761. The molecule has 1 aromatic heterocycles. The highest BCUT2D eigenvalue weighted by molar-refractivity contribution is 7.09. The normalized spacial score (nSPS) is 32.9. The number of hydrogen-bond acceptors (Lipinski definition) is 3. The van der Waals surface area contributed by atoms with Crippen LogP contribution in [0.15, 0.2) is 17.5 Å². The number of carbonyl (C=O) groups excluding carboxylic acids is 1. The first-order chi connectivity index (χ1) is 9.74. The van der Waals surface area contributed by atoms with Crippen LogP contribution in [0.4, 0.5) is 0 Å². The van der Waals surface area contributed by atoms with Crippen LogP contribution in [-0.2, 0) is 11.2 Å². The molecule has 0 aromatic carbocycles. The monoisotopic (exact) mass is 292 g/mol. The fourth-order valence-electron chi connectivity index (χ4n) is 3.91. The Morgan fingerprint density at radius 1 is 1.35 bits per heavy atom. The van der Waals surface area contributed by atoms with Crippen molar-refractivity contribution in [3.05, 3.63) is 22.4 Å². The second-order valence-electron chi connectivity index (χ2n) is 6.32. The van der Waals surface area contributed by atoms with Crippen LogP contribution >= 0.6 is 11.3 Å². The zero-order valence-corrected chi connectivity index (χ0v) is 12.7. The van der Waals surface area contributed by atoms with Crippen LogP contribution in [0.1, 0.15) is 37.0 Å². The Labute approximate surface area is 124 Å². The summed E-state index contributed by atoms with van der Waals surface area (Å²) >= 11 is 1.76. The standard InChI is InChI=1S/C16H24N2OS/c17-15-11-3-1-4-12(15)10-13(9-11)16(19)18-7-6-14-5-2-8-20-14/h2,5,8,11-13,15H,1,3-4,6-7,9-10,17H2,(H,18,19). The molecule has 0 spiro atoms. The van der Waals surface area contributed by atoms with E-state index in [2.05, 4.69) is 22.8 Å². The van der Waals surface area contributed by atoms with Gasteiger partial charge >= 0.3 is 0 Å². The van der Waals surface area contributed by atoms with Gasteiger partial charge in [-0.15, -0.1) is 11.3 Å². The summed E-state index contributed by atoms with van der Waals surface area (Å²) in [5.41, 5.74) is 6.28. The Morgan fingerprint density at radius 3 is 2.75 bits per heavy atom. The number of fused-ring (bicyclic) bond motifs is 2. The number of carbonyl (C=O) groups is 1. The molecule has 3 nitrogen and oxygen atoms in total. The van der Waals surface area contributed by atoms with E-state index in [1.807, 2.05) is 0 Å². The van der Waals surface area contributed by atoms with E-state index >= 15 is 0 Å². The maximum Gasteiger partial charge on any atom is 0.223 e. The van der Waals surface area contributed by atoms with Crippen molar-refractivity contribution in [1.82, 2.24) is 5.32 Å². The zero-order valence-electron chi connectivity index (χ0n) is 11.9. The molecule has 2 atom stereocenters. The van der Waals surface area contributed by atoms with Crippen LogP contribution in [0.25, 0.3) is 0 Å². The molecular formula is C16H24N2OS. The van der Waals surface area contributed by atoms with Gasteiger partial charge in [0, 0.05) is 23.4 Å². The first-order valence-corrected chi connectivity index (χ1v) is 8.67. The molecule has 0 aliphatic heterocycles. The van der Waals surface area contributed by atoms with Crippen molar-refractivity contribution in [2.75, 3.05) is 6.54 Å². The lowest BCUT2D eigenvalue weighted by Gasteiger charge is -2.43. The van der Waals surface area contributed by atoms with Crippen molar-refractivity contribution in [3.63, 3.8) is 0 Å². The van der Waals surface area contributed by atoms with Gasteiger partial charge in [0.15, 0.2) is 0 Å². The summed E-state index contributed by atoms with van der Waals surface area (Å²) in [4.78, 5) is 13.7. The molecule has 1 heterocycles. The van der Waals surface area contributed by atoms with Gasteiger partial charge < -0.3 is 11.1 Å². The second kappa shape index (κ2) is 6.27. The molecule has 2 aliphatic rings. The molecule has 2 fully saturated rings. The van der Waals surface area contributed by atoms with E-state index in [4.69, 9.17) is 5.73 Å². The minimum atomic E-state index is 0.202. The molecule has 1 amide bonds. The minimum absolute atomic E-state index is 0.202. The third-order valence-electron chi connectivity index (χ3n) is 5.03. The Hall–Kier alpha value is -0.870. The lowest BCUT2D eigenvalue weighted by Crippen LogP contribution is -2.49. The number of thiophene rings is 1. The molecule has 4 heteroatoms. The van der Waals surface area contributed by atoms with Gasteiger partial charge in [0.2, 0.25) is 5.91 Å². The largest absolute Gasteiger partial charge is 0.356 e. The van der Waals surface area contributed by atoms with E-state index < -0.39 is 0 Å². The highest BCUT2D eigenvalue weighted by Gasteiger charge is 2.40. The summed E-state index contributed by atoms with van der Waals surface area (Å²) in [7, 11) is 0. The number of nitrogens with one attached hydrogen (secondary N) is 1. The highest BCUT2D eigenvalue weighted by atomic mass is 32.1. The molecule has 3 N–H and O–H groups in total. The van der Waals surface area contributed by atoms with Gasteiger partial charge in [0.1, 0.15) is 0 Å². The maximum absolute atomic E-state index is 12.3. The van der Waals surface area contributed by atoms with Gasteiger partial charge in [-0.1, -0.05) is 12.5 Å². The summed E-state index contributed by atoms with van der Waals surface area (Å²) in [6, 6.07) is 4.53. The molecule has 2 bridgehead atoms. The predicted octanol–water partition coefficient (Wildman–Crippen LogP) is 2.56. The van der Waals surface area contributed by atoms with Crippen molar-refractivity contribution in [1.29, 1.82) is 0 Å². The molecular weight excluding hydrogens is 268 g/mol. The molecule has 2 aliphatic carbocycles. The molecule has 2 unspecified atom stereocenters. The fourth-order valence-corrected chi connectivity index (χ4v) is 4.62. The first-order valence-electron chi connectivity index (χ1n) is 7.79. The molecule has 20 heavy (non-hydrogen) atoms.